The van der Waals surface area contributed by atoms with Crippen molar-refractivity contribution < 1.29 is 14.3 Å². The third kappa shape index (κ3) is 3.33. The average Bonchev–Trinajstić information content (AvgIpc) is 3.50. The molecule has 1 aromatic heterocycles. The molecule has 1 N–H and O–H groups in total. The van der Waals surface area contributed by atoms with Gasteiger partial charge < -0.3 is 19.5 Å². The highest BCUT2D eigenvalue weighted by molar-refractivity contribution is 6.07. The van der Waals surface area contributed by atoms with Crippen LogP contribution in [0.15, 0.2) is 24.3 Å². The lowest BCUT2D eigenvalue weighted by molar-refractivity contribution is 0.0845. The number of para-hydroxylation sites is 1. The monoisotopic (exact) mass is 394 g/mol. The molecule has 29 heavy (non-hydrogen) atoms. The number of imidazole rings is 1. The van der Waals surface area contributed by atoms with Crippen molar-refractivity contribution in [1.82, 2.24) is 14.9 Å². The minimum absolute atomic E-state index is 0.0805. The second kappa shape index (κ2) is 7.63. The van der Waals surface area contributed by atoms with Crippen LogP contribution in [0.1, 0.15) is 58.0 Å². The van der Waals surface area contributed by atoms with E-state index in [1.165, 1.54) is 5.56 Å². The number of nitrogens with zero attached hydrogens (tertiary/aromatic N) is 3. The summed E-state index contributed by atoms with van der Waals surface area (Å²) in [5, 5.41) is 2.96. The molecule has 5 rings (SSSR count). The quantitative estimate of drug-likeness (QED) is 0.864. The molecule has 1 unspecified atom stereocenters. The largest absolute Gasteiger partial charge is 0.376 e. The number of carbonyl (C=O) groups is 2. The molecule has 152 valence electrons. The van der Waals surface area contributed by atoms with E-state index in [2.05, 4.69) is 16.4 Å². The summed E-state index contributed by atoms with van der Waals surface area (Å²) in [4.78, 5) is 32.6. The van der Waals surface area contributed by atoms with Crippen molar-refractivity contribution in [3.63, 3.8) is 0 Å². The second-order valence-electron chi connectivity index (χ2n) is 8.02. The Bertz CT molecular complexity index is 946. The van der Waals surface area contributed by atoms with Gasteiger partial charge in [-0.05, 0) is 50.2 Å². The van der Waals surface area contributed by atoms with Gasteiger partial charge in [0, 0.05) is 31.9 Å². The second-order valence-corrected chi connectivity index (χ2v) is 8.02. The maximum atomic E-state index is 13.4. The van der Waals surface area contributed by atoms with Gasteiger partial charge in [0.15, 0.2) is 11.5 Å². The van der Waals surface area contributed by atoms with E-state index in [0.29, 0.717) is 24.6 Å². The minimum Gasteiger partial charge on any atom is -0.376 e. The summed E-state index contributed by atoms with van der Waals surface area (Å²) in [5.41, 5.74) is 3.47. The van der Waals surface area contributed by atoms with Crippen molar-refractivity contribution in [2.45, 2.75) is 51.2 Å². The van der Waals surface area contributed by atoms with E-state index in [9.17, 15) is 9.59 Å². The molecule has 0 saturated carbocycles. The zero-order valence-corrected chi connectivity index (χ0v) is 16.5. The minimum atomic E-state index is -0.218. The van der Waals surface area contributed by atoms with E-state index >= 15 is 0 Å². The van der Waals surface area contributed by atoms with Crippen LogP contribution in [0.2, 0.25) is 0 Å². The zero-order chi connectivity index (χ0) is 19.8. The van der Waals surface area contributed by atoms with Crippen LogP contribution in [-0.2, 0) is 24.1 Å². The fourth-order valence-corrected chi connectivity index (χ4v) is 4.66. The Hall–Kier alpha value is -2.67. The van der Waals surface area contributed by atoms with Crippen LogP contribution < -0.4 is 10.2 Å². The Labute approximate surface area is 170 Å². The number of carbonyl (C=O) groups excluding carboxylic acids is 2. The Morgan fingerprint density at radius 3 is 2.90 bits per heavy atom. The fraction of sp³-hybridized carbons (Fsp3) is 0.500. The van der Waals surface area contributed by atoms with Gasteiger partial charge in [0.2, 0.25) is 0 Å². The first kappa shape index (κ1) is 18.4. The first-order chi connectivity index (χ1) is 14.2. The third-order valence-corrected chi connectivity index (χ3v) is 6.17. The Balaban J connectivity index is 1.42. The lowest BCUT2D eigenvalue weighted by atomic mass is 10.1. The molecule has 1 fully saturated rings. The molecular formula is C22H26N4O3. The first-order valence-corrected chi connectivity index (χ1v) is 10.6. The van der Waals surface area contributed by atoms with Crippen LogP contribution >= 0.6 is 0 Å². The summed E-state index contributed by atoms with van der Waals surface area (Å²) < 4.78 is 7.54. The van der Waals surface area contributed by atoms with Crippen LogP contribution in [-0.4, -0.2) is 47.2 Å². The lowest BCUT2D eigenvalue weighted by Gasteiger charge is -2.19. The number of amides is 2. The van der Waals surface area contributed by atoms with E-state index in [1.54, 1.807) is 4.90 Å². The highest BCUT2D eigenvalue weighted by Gasteiger charge is 2.33. The molecule has 1 atom stereocenters. The van der Waals surface area contributed by atoms with Crippen LogP contribution in [0.4, 0.5) is 5.69 Å². The fourth-order valence-electron chi connectivity index (χ4n) is 4.66. The predicted octanol–water partition coefficient (Wildman–Crippen LogP) is 2.33. The van der Waals surface area contributed by atoms with Gasteiger partial charge >= 0.3 is 0 Å². The van der Waals surface area contributed by atoms with Gasteiger partial charge in [-0.1, -0.05) is 18.2 Å². The molecule has 2 aromatic rings. The van der Waals surface area contributed by atoms with Gasteiger partial charge in [-0.2, -0.15) is 0 Å². The van der Waals surface area contributed by atoms with E-state index in [4.69, 9.17) is 4.74 Å². The standard InChI is InChI=1S/C22H26N4O3/c27-21(23-14-16-7-5-13-29-16)20-24-19(18-9-3-4-11-25(18)20)22(28)26-12-10-15-6-1-2-8-17(15)26/h1-2,6,8,16H,3-5,7,9-14H2,(H,23,27). The predicted molar refractivity (Wildman–Crippen MR) is 108 cm³/mol. The van der Waals surface area contributed by atoms with E-state index in [-0.39, 0.29) is 17.9 Å². The number of ether oxygens (including phenoxy) is 1. The van der Waals surface area contributed by atoms with Gasteiger partial charge in [0.1, 0.15) is 0 Å². The van der Waals surface area contributed by atoms with Crippen LogP contribution in [0.25, 0.3) is 0 Å². The number of aromatic nitrogens is 2. The molecule has 0 radical (unpaired) electrons. The maximum Gasteiger partial charge on any atom is 0.287 e. The number of anilines is 1. The van der Waals surface area contributed by atoms with Crippen LogP contribution in [0.5, 0.6) is 0 Å². The molecule has 7 heteroatoms. The molecule has 1 saturated heterocycles. The number of nitrogens with one attached hydrogen (secondary N) is 1. The Kier molecular flexibility index (Phi) is 4.83. The molecule has 7 nitrogen and oxygen atoms in total. The third-order valence-electron chi connectivity index (χ3n) is 6.17. The lowest BCUT2D eigenvalue weighted by Crippen LogP contribution is -2.34. The van der Waals surface area contributed by atoms with Gasteiger partial charge in [0.05, 0.1) is 11.8 Å². The molecule has 0 bridgehead atoms. The van der Waals surface area contributed by atoms with Gasteiger partial charge in [-0.25, -0.2) is 4.98 Å². The molecule has 0 aliphatic carbocycles. The van der Waals surface area contributed by atoms with Crippen LogP contribution in [0, 0.1) is 0 Å². The van der Waals surface area contributed by atoms with Crippen molar-refractivity contribution in [2.24, 2.45) is 0 Å². The molecule has 2 amide bonds. The van der Waals surface area contributed by atoms with Gasteiger partial charge in [-0.3, -0.25) is 9.59 Å². The van der Waals surface area contributed by atoms with E-state index in [1.807, 2.05) is 22.8 Å². The first-order valence-electron chi connectivity index (χ1n) is 10.6. The van der Waals surface area contributed by atoms with Gasteiger partial charge in [0.25, 0.3) is 11.8 Å². The highest BCUT2D eigenvalue weighted by Crippen LogP contribution is 2.30. The van der Waals surface area contributed by atoms with Crippen LogP contribution in [0.3, 0.4) is 0 Å². The molecule has 0 spiro atoms. The van der Waals surface area contributed by atoms with Crippen molar-refractivity contribution in [3.8, 4) is 0 Å². The smallest absolute Gasteiger partial charge is 0.287 e. The summed E-state index contributed by atoms with van der Waals surface area (Å²) in [6.45, 7) is 2.64. The van der Waals surface area contributed by atoms with E-state index < -0.39 is 0 Å². The summed E-state index contributed by atoms with van der Waals surface area (Å²) >= 11 is 0. The number of hydrogen-bond donors (Lipinski definition) is 1. The Morgan fingerprint density at radius 1 is 1.14 bits per heavy atom. The number of benzene rings is 1. The maximum absolute atomic E-state index is 13.4. The Morgan fingerprint density at radius 2 is 2.03 bits per heavy atom. The van der Waals surface area contributed by atoms with Crippen molar-refractivity contribution in [3.05, 3.63) is 47.0 Å². The average molecular weight is 394 g/mol. The molecule has 3 aliphatic rings. The number of rotatable bonds is 4. The summed E-state index contributed by atoms with van der Waals surface area (Å²) in [5.74, 6) is 0.0387. The normalized spacial score (nSPS) is 20.4. The molecule has 1 aromatic carbocycles. The van der Waals surface area contributed by atoms with Crippen molar-refractivity contribution in [1.29, 1.82) is 0 Å². The van der Waals surface area contributed by atoms with Gasteiger partial charge in [-0.15, -0.1) is 0 Å². The number of hydrogen-bond acceptors (Lipinski definition) is 4. The molecule has 3 aliphatic heterocycles. The molecular weight excluding hydrogens is 368 g/mol. The number of fused-ring (bicyclic) bond motifs is 2. The van der Waals surface area contributed by atoms with Crippen molar-refractivity contribution >= 4 is 17.5 Å². The SMILES string of the molecule is O=C(NCC1CCCO1)c1nc(C(=O)N2CCc3ccccc32)c2n1CCCC2. The topological polar surface area (TPSA) is 76.5 Å². The summed E-state index contributed by atoms with van der Waals surface area (Å²) in [6.07, 6.45) is 5.73. The highest BCUT2D eigenvalue weighted by atomic mass is 16.5. The molecule has 4 heterocycles. The zero-order valence-electron chi connectivity index (χ0n) is 16.5. The summed E-state index contributed by atoms with van der Waals surface area (Å²) in [6, 6.07) is 8.01. The van der Waals surface area contributed by atoms with Crippen molar-refractivity contribution in [2.75, 3.05) is 24.6 Å². The summed E-state index contributed by atoms with van der Waals surface area (Å²) in [7, 11) is 0. The van der Waals surface area contributed by atoms with E-state index in [0.717, 1.165) is 63.1 Å².